The molecule has 2 rings (SSSR count). The molecule has 1 aromatic carbocycles. The molecule has 0 saturated heterocycles. The lowest BCUT2D eigenvalue weighted by Crippen LogP contribution is -2.17. The summed E-state index contributed by atoms with van der Waals surface area (Å²) in [5.41, 5.74) is 0.652. The van der Waals surface area contributed by atoms with Crippen LogP contribution < -0.4 is 4.72 Å². The van der Waals surface area contributed by atoms with Gasteiger partial charge in [0, 0.05) is 11.5 Å². The highest BCUT2D eigenvalue weighted by Gasteiger charge is 2.18. The van der Waals surface area contributed by atoms with E-state index in [9.17, 15) is 8.42 Å². The van der Waals surface area contributed by atoms with E-state index in [1.807, 2.05) is 0 Å². The van der Waals surface area contributed by atoms with Crippen LogP contribution in [0.5, 0.6) is 0 Å². The zero-order valence-corrected chi connectivity index (χ0v) is 12.2. The van der Waals surface area contributed by atoms with Gasteiger partial charge in [-0.3, -0.25) is 0 Å². The van der Waals surface area contributed by atoms with E-state index < -0.39 is 10.0 Å². The summed E-state index contributed by atoms with van der Waals surface area (Å²) >= 11 is 3.29. The summed E-state index contributed by atoms with van der Waals surface area (Å²) < 4.78 is 28.9. The van der Waals surface area contributed by atoms with Crippen LogP contribution in [0.2, 0.25) is 0 Å². The quantitative estimate of drug-likeness (QED) is 0.928. The van der Waals surface area contributed by atoms with Crippen molar-refractivity contribution in [3.63, 3.8) is 0 Å². The largest absolute Gasteiger partial charge is 0.264 e. The lowest BCUT2D eigenvalue weighted by molar-refractivity contribution is 0.599. The molecule has 0 atom stereocenters. The molecular weight excluding hydrogens is 320 g/mol. The molecule has 96 valence electrons. The van der Waals surface area contributed by atoms with E-state index in [-0.39, 0.29) is 10.8 Å². The number of hydrogen-bond donors (Lipinski definition) is 1. The van der Waals surface area contributed by atoms with Crippen molar-refractivity contribution in [1.29, 1.82) is 0 Å². The van der Waals surface area contributed by atoms with Gasteiger partial charge in [0.15, 0.2) is 0 Å². The number of nitrogens with zero attached hydrogens (tertiary/aromatic N) is 3. The molecule has 0 spiro atoms. The maximum absolute atomic E-state index is 12.2. The summed E-state index contributed by atoms with van der Waals surface area (Å²) in [4.78, 5) is 4.04. The maximum atomic E-state index is 12.2. The van der Waals surface area contributed by atoms with E-state index in [1.54, 1.807) is 26.1 Å². The maximum Gasteiger partial charge on any atom is 0.264 e. The van der Waals surface area contributed by atoms with Gasteiger partial charge in [-0.2, -0.15) is 10.1 Å². The average molecular weight is 331 g/mol. The second-order valence-electron chi connectivity index (χ2n) is 3.72. The summed E-state index contributed by atoms with van der Waals surface area (Å²) in [7, 11) is -2.04. The SMILES string of the molecule is Cc1cc(Br)ccc1S(=O)(=O)Nc1ncnn1C. The third-order valence-electron chi connectivity index (χ3n) is 2.36. The molecule has 0 bridgehead atoms. The van der Waals surface area contributed by atoms with Gasteiger partial charge in [0.25, 0.3) is 10.0 Å². The Hall–Kier alpha value is -1.41. The molecule has 0 fully saturated rings. The van der Waals surface area contributed by atoms with Crippen LogP contribution >= 0.6 is 15.9 Å². The molecule has 18 heavy (non-hydrogen) atoms. The minimum Gasteiger partial charge on any atom is -0.247 e. The number of aromatic nitrogens is 3. The fraction of sp³-hybridized carbons (Fsp3) is 0.200. The monoisotopic (exact) mass is 330 g/mol. The van der Waals surface area contributed by atoms with Crippen LogP contribution in [0.1, 0.15) is 5.56 Å². The zero-order chi connectivity index (χ0) is 13.3. The van der Waals surface area contributed by atoms with E-state index >= 15 is 0 Å². The Balaban J connectivity index is 2.40. The molecule has 1 aromatic heterocycles. The molecule has 0 aliphatic rings. The molecule has 0 aliphatic heterocycles. The molecule has 0 amide bonds. The van der Waals surface area contributed by atoms with E-state index in [2.05, 4.69) is 30.7 Å². The molecule has 1 N–H and O–H groups in total. The first-order chi connectivity index (χ1) is 8.40. The first-order valence-electron chi connectivity index (χ1n) is 5.03. The third-order valence-corrected chi connectivity index (χ3v) is 4.35. The second-order valence-corrected chi connectivity index (χ2v) is 6.29. The van der Waals surface area contributed by atoms with Gasteiger partial charge in [-0.25, -0.2) is 17.8 Å². The number of nitrogens with one attached hydrogen (secondary N) is 1. The van der Waals surface area contributed by atoms with Crippen LogP contribution in [0.4, 0.5) is 5.95 Å². The Bertz CT molecular complexity index is 681. The first kappa shape index (κ1) is 13.0. The Morgan fingerprint density at radius 2 is 2.11 bits per heavy atom. The number of anilines is 1. The van der Waals surface area contributed by atoms with Crippen molar-refractivity contribution in [2.45, 2.75) is 11.8 Å². The number of halogens is 1. The third kappa shape index (κ3) is 2.54. The van der Waals surface area contributed by atoms with E-state index in [4.69, 9.17) is 0 Å². The van der Waals surface area contributed by atoms with Crippen LogP contribution in [0.25, 0.3) is 0 Å². The van der Waals surface area contributed by atoms with Crippen LogP contribution in [-0.4, -0.2) is 23.2 Å². The zero-order valence-electron chi connectivity index (χ0n) is 9.75. The number of aryl methyl sites for hydroxylation is 2. The normalized spacial score (nSPS) is 11.5. The minimum absolute atomic E-state index is 0.178. The van der Waals surface area contributed by atoms with E-state index in [1.165, 1.54) is 17.1 Å². The molecule has 6 nitrogen and oxygen atoms in total. The molecule has 8 heteroatoms. The number of benzene rings is 1. The van der Waals surface area contributed by atoms with Crippen molar-refractivity contribution in [1.82, 2.24) is 14.8 Å². The predicted octanol–water partition coefficient (Wildman–Crippen LogP) is 1.69. The van der Waals surface area contributed by atoms with Crippen molar-refractivity contribution in [3.8, 4) is 0 Å². The highest BCUT2D eigenvalue weighted by molar-refractivity contribution is 9.10. The van der Waals surface area contributed by atoms with Gasteiger partial charge in [-0.1, -0.05) is 15.9 Å². The van der Waals surface area contributed by atoms with Gasteiger partial charge in [0.05, 0.1) is 4.90 Å². The van der Waals surface area contributed by atoms with Gasteiger partial charge in [0.1, 0.15) is 6.33 Å². The van der Waals surface area contributed by atoms with Gasteiger partial charge in [0.2, 0.25) is 5.95 Å². The predicted molar refractivity (Wildman–Crippen MR) is 70.7 cm³/mol. The number of hydrogen-bond acceptors (Lipinski definition) is 4. The topological polar surface area (TPSA) is 76.9 Å². The fourth-order valence-corrected chi connectivity index (χ4v) is 3.22. The molecule has 0 saturated carbocycles. The highest BCUT2D eigenvalue weighted by atomic mass is 79.9. The summed E-state index contributed by atoms with van der Waals surface area (Å²) in [6.07, 6.45) is 1.28. The molecule has 0 unspecified atom stereocenters. The smallest absolute Gasteiger partial charge is 0.247 e. The minimum atomic E-state index is -3.65. The Labute approximate surface area is 113 Å². The van der Waals surface area contributed by atoms with Crippen molar-refractivity contribution >= 4 is 31.9 Å². The van der Waals surface area contributed by atoms with Gasteiger partial charge in [-0.05, 0) is 30.7 Å². The Morgan fingerprint density at radius 1 is 1.39 bits per heavy atom. The Kier molecular flexibility index (Phi) is 3.40. The van der Waals surface area contributed by atoms with Crippen molar-refractivity contribution in [2.75, 3.05) is 4.72 Å². The number of rotatable bonds is 3. The number of sulfonamides is 1. The molecule has 0 radical (unpaired) electrons. The van der Waals surface area contributed by atoms with Crippen molar-refractivity contribution in [2.24, 2.45) is 7.05 Å². The summed E-state index contributed by atoms with van der Waals surface area (Å²) in [6, 6.07) is 4.96. The van der Waals surface area contributed by atoms with Gasteiger partial charge >= 0.3 is 0 Å². The molecule has 1 heterocycles. The molecule has 0 aliphatic carbocycles. The second kappa shape index (κ2) is 4.69. The fourth-order valence-electron chi connectivity index (χ4n) is 1.48. The van der Waals surface area contributed by atoms with Gasteiger partial charge in [-0.15, -0.1) is 0 Å². The highest BCUT2D eigenvalue weighted by Crippen LogP contribution is 2.21. The van der Waals surface area contributed by atoms with Crippen LogP contribution in [0.15, 0.2) is 33.9 Å². The lowest BCUT2D eigenvalue weighted by Gasteiger charge is -2.09. The summed E-state index contributed by atoms with van der Waals surface area (Å²) in [6.45, 7) is 1.73. The summed E-state index contributed by atoms with van der Waals surface area (Å²) in [5, 5.41) is 3.80. The van der Waals surface area contributed by atoms with Crippen LogP contribution in [-0.2, 0) is 17.1 Å². The van der Waals surface area contributed by atoms with Crippen LogP contribution in [0.3, 0.4) is 0 Å². The van der Waals surface area contributed by atoms with Crippen LogP contribution in [0, 0.1) is 6.92 Å². The van der Waals surface area contributed by atoms with Gasteiger partial charge < -0.3 is 0 Å². The molecule has 2 aromatic rings. The van der Waals surface area contributed by atoms with E-state index in [0.29, 0.717) is 5.56 Å². The standard InChI is InChI=1S/C10H11BrN4O2S/c1-7-5-8(11)3-4-9(7)18(16,17)14-10-12-6-13-15(10)2/h3-6H,1-2H3,(H,12,13,14). The van der Waals surface area contributed by atoms with Crippen molar-refractivity contribution in [3.05, 3.63) is 34.6 Å². The van der Waals surface area contributed by atoms with Crippen molar-refractivity contribution < 1.29 is 8.42 Å². The van der Waals surface area contributed by atoms with E-state index in [0.717, 1.165) is 4.47 Å². The lowest BCUT2D eigenvalue weighted by atomic mass is 10.2. The Morgan fingerprint density at radius 3 is 2.67 bits per heavy atom. The average Bonchev–Trinajstić information content (AvgIpc) is 2.63. The molecular formula is C10H11BrN4O2S. The first-order valence-corrected chi connectivity index (χ1v) is 7.31. The summed E-state index contributed by atoms with van der Waals surface area (Å²) in [5.74, 6) is 0.178.